The van der Waals surface area contributed by atoms with Gasteiger partial charge in [-0.3, -0.25) is 14.9 Å². The van der Waals surface area contributed by atoms with Gasteiger partial charge in [0.2, 0.25) is 0 Å². The lowest BCUT2D eigenvalue weighted by Gasteiger charge is -2.11. The Morgan fingerprint density at radius 3 is 2.65 bits per heavy atom. The van der Waals surface area contributed by atoms with Gasteiger partial charge in [-0.1, -0.05) is 28.1 Å². The maximum Gasteiger partial charge on any atom is 0.275 e. The summed E-state index contributed by atoms with van der Waals surface area (Å²) in [5.74, 6) is 0. The molecule has 3 aromatic rings. The van der Waals surface area contributed by atoms with Crippen molar-refractivity contribution in [3.63, 3.8) is 0 Å². The van der Waals surface area contributed by atoms with Gasteiger partial charge < -0.3 is 9.52 Å². The van der Waals surface area contributed by atoms with E-state index in [0.717, 1.165) is 6.26 Å². The van der Waals surface area contributed by atoms with Gasteiger partial charge in [-0.05, 0) is 24.3 Å². The van der Waals surface area contributed by atoms with Crippen LogP contribution in [0.4, 0.5) is 5.69 Å². The number of benzene rings is 2. The van der Waals surface area contributed by atoms with Crippen molar-refractivity contribution in [3.05, 3.63) is 84.7 Å². The minimum atomic E-state index is -1.45. The summed E-state index contributed by atoms with van der Waals surface area (Å²) in [6, 6.07) is 10.7. The van der Waals surface area contributed by atoms with Gasteiger partial charge in [0.1, 0.15) is 18.0 Å². The van der Waals surface area contributed by atoms with Gasteiger partial charge >= 0.3 is 0 Å². The van der Waals surface area contributed by atoms with E-state index in [9.17, 15) is 20.0 Å². The van der Waals surface area contributed by atoms with E-state index in [0.29, 0.717) is 10.1 Å². The zero-order chi connectivity index (χ0) is 16.6. The van der Waals surface area contributed by atoms with Gasteiger partial charge in [0.25, 0.3) is 5.69 Å². The molecule has 3 rings (SSSR count). The largest absolute Gasteiger partial charge is 0.464 e. The SMILES string of the molecule is O=c1c(C(O)c2ccccc2[N+](=O)[O-])coc2ccc(Br)cc12. The number of nitro benzene ring substituents is 1. The van der Waals surface area contributed by atoms with Crippen LogP contribution >= 0.6 is 15.9 Å². The molecule has 0 saturated carbocycles. The summed E-state index contributed by atoms with van der Waals surface area (Å²) in [6.07, 6.45) is -0.309. The maximum atomic E-state index is 12.6. The second-order valence-corrected chi connectivity index (χ2v) is 5.79. The fourth-order valence-corrected chi connectivity index (χ4v) is 2.72. The van der Waals surface area contributed by atoms with Gasteiger partial charge in [0.05, 0.1) is 21.4 Å². The Morgan fingerprint density at radius 2 is 1.91 bits per heavy atom. The molecule has 0 aliphatic heterocycles. The number of hydrogen-bond donors (Lipinski definition) is 1. The first-order chi connectivity index (χ1) is 11.0. The van der Waals surface area contributed by atoms with Crippen molar-refractivity contribution in [2.24, 2.45) is 0 Å². The minimum Gasteiger partial charge on any atom is -0.464 e. The van der Waals surface area contributed by atoms with Gasteiger partial charge in [0.15, 0.2) is 5.43 Å². The lowest BCUT2D eigenvalue weighted by Crippen LogP contribution is -2.15. The molecule has 7 heteroatoms. The molecule has 1 atom stereocenters. The molecule has 0 fully saturated rings. The van der Waals surface area contributed by atoms with Crippen LogP contribution in [0.2, 0.25) is 0 Å². The third-order valence-electron chi connectivity index (χ3n) is 3.48. The lowest BCUT2D eigenvalue weighted by molar-refractivity contribution is -0.386. The molecule has 0 amide bonds. The van der Waals surface area contributed by atoms with Gasteiger partial charge in [0, 0.05) is 10.5 Å². The molecule has 116 valence electrons. The monoisotopic (exact) mass is 375 g/mol. The quantitative estimate of drug-likeness (QED) is 0.557. The highest BCUT2D eigenvalue weighted by Crippen LogP contribution is 2.29. The predicted molar refractivity (Wildman–Crippen MR) is 87.3 cm³/mol. The van der Waals surface area contributed by atoms with Crippen LogP contribution in [0.5, 0.6) is 0 Å². The van der Waals surface area contributed by atoms with Crippen LogP contribution in [0.1, 0.15) is 17.2 Å². The number of hydrogen-bond acceptors (Lipinski definition) is 5. The van der Waals surface area contributed by atoms with Crippen molar-refractivity contribution >= 4 is 32.6 Å². The van der Waals surface area contributed by atoms with E-state index in [4.69, 9.17) is 4.42 Å². The molecular formula is C16H10BrNO5. The first-order valence-electron chi connectivity index (χ1n) is 6.61. The third-order valence-corrected chi connectivity index (χ3v) is 3.98. The normalized spacial score (nSPS) is 12.3. The van der Waals surface area contributed by atoms with Crippen molar-refractivity contribution in [2.75, 3.05) is 0 Å². The third kappa shape index (κ3) is 2.76. The molecule has 0 spiro atoms. The molecule has 2 aromatic carbocycles. The molecule has 1 heterocycles. The zero-order valence-electron chi connectivity index (χ0n) is 11.6. The molecule has 23 heavy (non-hydrogen) atoms. The summed E-state index contributed by atoms with van der Waals surface area (Å²) in [4.78, 5) is 23.1. The Labute approximate surface area is 138 Å². The lowest BCUT2D eigenvalue weighted by atomic mass is 10.0. The van der Waals surface area contributed by atoms with E-state index in [2.05, 4.69) is 15.9 Å². The second kappa shape index (κ2) is 5.94. The number of aliphatic hydroxyl groups is 1. The highest BCUT2D eigenvalue weighted by Gasteiger charge is 2.24. The minimum absolute atomic E-state index is 0.0409. The number of halogens is 1. The zero-order valence-corrected chi connectivity index (χ0v) is 13.2. The van der Waals surface area contributed by atoms with Crippen LogP contribution in [0.3, 0.4) is 0 Å². The summed E-state index contributed by atoms with van der Waals surface area (Å²) in [5, 5.41) is 21.8. The van der Waals surface area contributed by atoms with E-state index >= 15 is 0 Å². The number of aliphatic hydroxyl groups excluding tert-OH is 1. The van der Waals surface area contributed by atoms with Crippen molar-refractivity contribution < 1.29 is 14.4 Å². The smallest absolute Gasteiger partial charge is 0.275 e. The van der Waals surface area contributed by atoms with Crippen molar-refractivity contribution in [2.45, 2.75) is 6.10 Å². The standard InChI is InChI=1S/C16H10BrNO5/c17-9-5-6-14-11(7-9)16(20)12(8-23-14)15(19)10-3-1-2-4-13(10)18(21)22/h1-8,15,19H. The summed E-state index contributed by atoms with van der Waals surface area (Å²) < 4.78 is 6.06. The average molecular weight is 376 g/mol. The Morgan fingerprint density at radius 1 is 1.17 bits per heavy atom. The van der Waals surface area contributed by atoms with E-state index in [-0.39, 0.29) is 22.2 Å². The average Bonchev–Trinajstić information content (AvgIpc) is 2.55. The molecule has 0 aliphatic carbocycles. The molecular weight excluding hydrogens is 366 g/mol. The number of fused-ring (bicyclic) bond motifs is 1. The fourth-order valence-electron chi connectivity index (χ4n) is 2.36. The first-order valence-corrected chi connectivity index (χ1v) is 7.40. The van der Waals surface area contributed by atoms with Crippen molar-refractivity contribution in [1.82, 2.24) is 0 Å². The van der Waals surface area contributed by atoms with E-state index in [1.165, 1.54) is 18.2 Å². The van der Waals surface area contributed by atoms with E-state index in [1.807, 2.05) is 0 Å². The Balaban J connectivity index is 2.19. The second-order valence-electron chi connectivity index (χ2n) is 4.88. The molecule has 0 aliphatic rings. The number of nitrogens with zero attached hydrogens (tertiary/aromatic N) is 1. The molecule has 0 radical (unpaired) electrons. The number of para-hydroxylation sites is 1. The molecule has 1 N–H and O–H groups in total. The Hall–Kier alpha value is -2.51. The van der Waals surface area contributed by atoms with E-state index < -0.39 is 16.5 Å². The maximum absolute atomic E-state index is 12.6. The molecule has 1 unspecified atom stereocenters. The van der Waals surface area contributed by atoms with Crippen LogP contribution in [0.15, 0.2) is 62.4 Å². The molecule has 6 nitrogen and oxygen atoms in total. The molecule has 1 aromatic heterocycles. The van der Waals surface area contributed by atoms with Crippen LogP contribution < -0.4 is 5.43 Å². The summed E-state index contributed by atoms with van der Waals surface area (Å²) in [5.41, 5.74) is -0.326. The van der Waals surface area contributed by atoms with Gasteiger partial charge in [-0.25, -0.2) is 0 Å². The molecule has 0 bridgehead atoms. The van der Waals surface area contributed by atoms with Crippen LogP contribution in [0.25, 0.3) is 11.0 Å². The molecule has 0 saturated heterocycles. The predicted octanol–water partition coefficient (Wildman–Crippen LogP) is 3.55. The van der Waals surface area contributed by atoms with Crippen molar-refractivity contribution in [1.29, 1.82) is 0 Å². The highest BCUT2D eigenvalue weighted by atomic mass is 79.9. The summed E-state index contributed by atoms with van der Waals surface area (Å²) in [7, 11) is 0. The van der Waals surface area contributed by atoms with E-state index in [1.54, 1.807) is 24.3 Å². The Bertz CT molecular complexity index is 966. The summed E-state index contributed by atoms with van der Waals surface area (Å²) in [6.45, 7) is 0. The van der Waals surface area contributed by atoms with Crippen LogP contribution in [-0.4, -0.2) is 10.0 Å². The van der Waals surface area contributed by atoms with Crippen LogP contribution in [-0.2, 0) is 0 Å². The Kier molecular flexibility index (Phi) is 3.97. The topological polar surface area (TPSA) is 93.6 Å². The fraction of sp³-hybridized carbons (Fsp3) is 0.0625. The van der Waals surface area contributed by atoms with Gasteiger partial charge in [-0.15, -0.1) is 0 Å². The highest BCUT2D eigenvalue weighted by molar-refractivity contribution is 9.10. The number of nitro groups is 1. The van der Waals surface area contributed by atoms with Gasteiger partial charge in [-0.2, -0.15) is 0 Å². The first kappa shape index (κ1) is 15.4. The van der Waals surface area contributed by atoms with Crippen molar-refractivity contribution in [3.8, 4) is 0 Å². The van der Waals surface area contributed by atoms with Crippen LogP contribution in [0, 0.1) is 10.1 Å². The number of rotatable bonds is 3. The summed E-state index contributed by atoms with van der Waals surface area (Å²) >= 11 is 3.27.